The van der Waals surface area contributed by atoms with Crippen molar-refractivity contribution in [3.05, 3.63) is 17.5 Å². The van der Waals surface area contributed by atoms with E-state index < -0.39 is 0 Å². The minimum Gasteiger partial charge on any atom is -0.203 e. The molecule has 0 saturated heterocycles. The molecule has 68 valence electrons. The summed E-state index contributed by atoms with van der Waals surface area (Å²) in [6, 6.07) is 1.80. The zero-order chi connectivity index (χ0) is 9.26. The summed E-state index contributed by atoms with van der Waals surface area (Å²) in [7, 11) is 0. The van der Waals surface area contributed by atoms with Crippen LogP contribution >= 0.6 is 23.4 Å². The van der Waals surface area contributed by atoms with Crippen molar-refractivity contribution in [1.29, 1.82) is 0 Å². The largest absolute Gasteiger partial charge is 0.228 e. The number of hydrogen-bond acceptors (Lipinski definition) is 4. The second kappa shape index (κ2) is 3.51. The number of nitrogens with zero attached hydrogens (tertiary/aromatic N) is 4. The number of hydrogen-bond donors (Lipinski definition) is 0. The standard InChI is InChI=1S/C7H7ClN4S/c1-2-13-7-10-5-3-4-9-12(5)6(8)11-7/h3-4H,2H2,1H3. The third-order valence-corrected chi connectivity index (χ3v) is 2.44. The van der Waals surface area contributed by atoms with Gasteiger partial charge in [-0.15, -0.1) is 0 Å². The topological polar surface area (TPSA) is 43.1 Å². The third-order valence-electron chi connectivity index (χ3n) is 1.47. The predicted octanol–water partition coefficient (Wildman–Crippen LogP) is 1.89. The minimum atomic E-state index is 0.353. The van der Waals surface area contributed by atoms with Crippen molar-refractivity contribution in [3.63, 3.8) is 0 Å². The first-order chi connectivity index (χ1) is 6.31. The van der Waals surface area contributed by atoms with Gasteiger partial charge in [-0.1, -0.05) is 18.7 Å². The molecule has 4 nitrogen and oxygen atoms in total. The van der Waals surface area contributed by atoms with E-state index >= 15 is 0 Å². The van der Waals surface area contributed by atoms with E-state index in [1.165, 1.54) is 4.52 Å². The third kappa shape index (κ3) is 1.62. The highest BCUT2D eigenvalue weighted by atomic mass is 35.5. The lowest BCUT2D eigenvalue weighted by Gasteiger charge is -1.99. The summed E-state index contributed by atoms with van der Waals surface area (Å²) in [4.78, 5) is 8.33. The van der Waals surface area contributed by atoms with Gasteiger partial charge in [-0.2, -0.15) is 14.6 Å². The Morgan fingerprint density at radius 3 is 3.15 bits per heavy atom. The number of fused-ring (bicyclic) bond motifs is 1. The van der Waals surface area contributed by atoms with Crippen LogP contribution in [0.4, 0.5) is 0 Å². The summed E-state index contributed by atoms with van der Waals surface area (Å²) in [5.41, 5.74) is 0.732. The van der Waals surface area contributed by atoms with E-state index in [-0.39, 0.29) is 0 Å². The minimum absolute atomic E-state index is 0.353. The molecule has 0 bridgehead atoms. The quantitative estimate of drug-likeness (QED) is 0.717. The van der Waals surface area contributed by atoms with Gasteiger partial charge >= 0.3 is 0 Å². The van der Waals surface area contributed by atoms with E-state index in [1.54, 1.807) is 24.0 Å². The highest BCUT2D eigenvalue weighted by Gasteiger charge is 2.04. The van der Waals surface area contributed by atoms with Gasteiger partial charge in [0.15, 0.2) is 10.8 Å². The van der Waals surface area contributed by atoms with Gasteiger partial charge in [0.1, 0.15) is 0 Å². The molecule has 2 rings (SSSR count). The summed E-state index contributed by atoms with van der Waals surface area (Å²) in [6.45, 7) is 2.04. The van der Waals surface area contributed by atoms with Crippen LogP contribution in [0.3, 0.4) is 0 Å². The van der Waals surface area contributed by atoms with Crippen LogP contribution in [0.2, 0.25) is 5.28 Å². The first-order valence-corrected chi connectivity index (χ1v) is 5.17. The molecule has 0 aliphatic rings. The molecule has 0 N–H and O–H groups in total. The van der Waals surface area contributed by atoms with E-state index in [1.807, 2.05) is 6.92 Å². The van der Waals surface area contributed by atoms with Crippen molar-refractivity contribution in [1.82, 2.24) is 19.6 Å². The average Bonchev–Trinajstić information content (AvgIpc) is 2.53. The lowest BCUT2D eigenvalue weighted by Crippen LogP contribution is -1.97. The monoisotopic (exact) mass is 214 g/mol. The highest BCUT2D eigenvalue weighted by molar-refractivity contribution is 7.99. The molecule has 0 saturated carbocycles. The summed E-state index contributed by atoms with van der Waals surface area (Å²) < 4.78 is 1.50. The Hall–Kier alpha value is -0.810. The lowest BCUT2D eigenvalue weighted by atomic mass is 10.7. The smallest absolute Gasteiger partial charge is 0.203 e. The van der Waals surface area contributed by atoms with Gasteiger partial charge in [0.25, 0.3) is 0 Å². The summed E-state index contributed by atoms with van der Waals surface area (Å²) in [6.07, 6.45) is 1.65. The molecule has 0 atom stereocenters. The molecule has 2 heterocycles. The van der Waals surface area contributed by atoms with Gasteiger partial charge in [-0.05, 0) is 17.4 Å². The maximum atomic E-state index is 5.88. The van der Waals surface area contributed by atoms with E-state index in [0.29, 0.717) is 10.4 Å². The number of rotatable bonds is 2. The summed E-state index contributed by atoms with van der Waals surface area (Å²) in [5.74, 6) is 0.931. The van der Waals surface area contributed by atoms with E-state index in [2.05, 4.69) is 15.1 Å². The molecule has 0 spiro atoms. The second-order valence-corrected chi connectivity index (χ2v) is 3.88. The molecule has 6 heteroatoms. The van der Waals surface area contributed by atoms with Gasteiger partial charge in [0, 0.05) is 6.07 Å². The Kier molecular flexibility index (Phi) is 2.37. The Bertz CT molecular complexity index is 427. The zero-order valence-electron chi connectivity index (χ0n) is 6.94. The molecule has 0 aliphatic heterocycles. The van der Waals surface area contributed by atoms with Crippen LogP contribution in [-0.4, -0.2) is 25.3 Å². The molecule has 0 unspecified atom stereocenters. The Morgan fingerprint density at radius 1 is 1.54 bits per heavy atom. The normalized spacial score (nSPS) is 10.9. The van der Waals surface area contributed by atoms with Gasteiger partial charge in [-0.25, -0.2) is 4.98 Å². The van der Waals surface area contributed by atoms with Crippen LogP contribution < -0.4 is 0 Å². The first kappa shape index (κ1) is 8.77. The summed E-state index contributed by atoms with van der Waals surface area (Å²) >= 11 is 7.44. The maximum Gasteiger partial charge on any atom is 0.228 e. The molecule has 0 aromatic carbocycles. The number of aromatic nitrogens is 4. The molecular formula is C7H7ClN4S. The average molecular weight is 215 g/mol. The Morgan fingerprint density at radius 2 is 2.38 bits per heavy atom. The molecule has 2 aromatic rings. The van der Waals surface area contributed by atoms with E-state index in [9.17, 15) is 0 Å². The molecule has 13 heavy (non-hydrogen) atoms. The summed E-state index contributed by atoms with van der Waals surface area (Å²) in [5, 5.41) is 5.02. The van der Waals surface area contributed by atoms with Crippen LogP contribution in [0.5, 0.6) is 0 Å². The molecule has 0 fully saturated rings. The fourth-order valence-electron chi connectivity index (χ4n) is 0.966. The molecule has 2 aromatic heterocycles. The van der Waals surface area contributed by atoms with Gasteiger partial charge in [0.05, 0.1) is 6.20 Å². The SMILES string of the molecule is CCSc1nc(Cl)n2nccc2n1. The van der Waals surface area contributed by atoms with E-state index in [0.717, 1.165) is 11.4 Å². The van der Waals surface area contributed by atoms with Crippen molar-refractivity contribution < 1.29 is 0 Å². The van der Waals surface area contributed by atoms with Crippen LogP contribution in [0.15, 0.2) is 17.4 Å². The molecule has 0 radical (unpaired) electrons. The van der Waals surface area contributed by atoms with Crippen LogP contribution in [0.25, 0.3) is 5.65 Å². The van der Waals surface area contributed by atoms with Crippen LogP contribution in [0.1, 0.15) is 6.92 Å². The lowest BCUT2D eigenvalue weighted by molar-refractivity contribution is 0.835. The maximum absolute atomic E-state index is 5.88. The fraction of sp³-hybridized carbons (Fsp3) is 0.286. The number of thioether (sulfide) groups is 1. The molecular weight excluding hydrogens is 208 g/mol. The fourth-order valence-corrected chi connectivity index (χ4v) is 1.79. The van der Waals surface area contributed by atoms with Crippen LogP contribution in [0, 0.1) is 0 Å². The van der Waals surface area contributed by atoms with E-state index in [4.69, 9.17) is 11.6 Å². The highest BCUT2D eigenvalue weighted by Crippen LogP contribution is 2.16. The Labute approximate surface area is 84.3 Å². The molecule has 0 aliphatic carbocycles. The second-order valence-electron chi connectivity index (χ2n) is 2.31. The van der Waals surface area contributed by atoms with Crippen molar-refractivity contribution >= 4 is 29.0 Å². The first-order valence-electron chi connectivity index (χ1n) is 3.81. The van der Waals surface area contributed by atoms with Gasteiger partial charge in [0.2, 0.25) is 5.28 Å². The van der Waals surface area contributed by atoms with Crippen molar-refractivity contribution in [2.24, 2.45) is 0 Å². The molecule has 0 amide bonds. The van der Waals surface area contributed by atoms with Crippen LogP contribution in [-0.2, 0) is 0 Å². The van der Waals surface area contributed by atoms with Crippen molar-refractivity contribution in [2.45, 2.75) is 12.1 Å². The van der Waals surface area contributed by atoms with Gasteiger partial charge in [-0.3, -0.25) is 0 Å². The zero-order valence-corrected chi connectivity index (χ0v) is 8.51. The Balaban J connectivity index is 2.56. The van der Waals surface area contributed by atoms with Gasteiger partial charge < -0.3 is 0 Å². The number of halogens is 1. The van der Waals surface area contributed by atoms with Crippen molar-refractivity contribution in [3.8, 4) is 0 Å². The van der Waals surface area contributed by atoms with Crippen molar-refractivity contribution in [2.75, 3.05) is 5.75 Å². The predicted molar refractivity (Wildman–Crippen MR) is 52.2 cm³/mol.